The smallest absolute Gasteiger partial charge is 0.405 e. The number of hydrogen-bond acceptors (Lipinski definition) is 5. The van der Waals surface area contributed by atoms with E-state index in [1.165, 1.54) is 0 Å². The van der Waals surface area contributed by atoms with E-state index in [-0.39, 0.29) is 30.0 Å². The summed E-state index contributed by atoms with van der Waals surface area (Å²) in [6, 6.07) is 2.76. The zero-order valence-electron chi connectivity index (χ0n) is 8.58. The zero-order valence-corrected chi connectivity index (χ0v) is 8.58. The fourth-order valence-corrected chi connectivity index (χ4v) is 1.21. The van der Waals surface area contributed by atoms with E-state index in [9.17, 15) is 13.2 Å². The van der Waals surface area contributed by atoms with Crippen molar-refractivity contribution in [1.82, 2.24) is 4.98 Å². The molecule has 8 heteroatoms. The van der Waals surface area contributed by atoms with Gasteiger partial charge in [-0.1, -0.05) is 0 Å². The summed E-state index contributed by atoms with van der Waals surface area (Å²) >= 11 is 0. The van der Waals surface area contributed by atoms with Crippen molar-refractivity contribution in [2.45, 2.75) is 19.3 Å². The molecule has 1 heterocycles. The third kappa shape index (κ3) is 3.49. The highest BCUT2D eigenvalue weighted by Crippen LogP contribution is 2.29. The molecule has 92 valence electrons. The molecule has 0 bridgehead atoms. The van der Waals surface area contributed by atoms with Gasteiger partial charge in [0.2, 0.25) is 0 Å². The number of halogens is 3. The quantitative estimate of drug-likeness (QED) is 0.831. The summed E-state index contributed by atoms with van der Waals surface area (Å²) < 4.78 is 40.1. The van der Waals surface area contributed by atoms with E-state index < -0.39 is 12.1 Å². The highest BCUT2D eigenvalue weighted by molar-refractivity contribution is 5.50. The molecule has 0 saturated heterocycles. The molecule has 1 rings (SSSR count). The molecule has 0 atom stereocenters. The average Bonchev–Trinajstić information content (AvgIpc) is 2.15. The summed E-state index contributed by atoms with van der Waals surface area (Å²) in [6.45, 7) is -0.239. The molecule has 0 fully saturated rings. The van der Waals surface area contributed by atoms with Crippen molar-refractivity contribution in [2.24, 2.45) is 5.73 Å². The van der Waals surface area contributed by atoms with Crippen LogP contribution in [-0.4, -0.2) is 11.3 Å². The van der Waals surface area contributed by atoms with Crippen LogP contribution in [0.25, 0.3) is 0 Å². The minimum Gasteiger partial charge on any atom is -0.405 e. The van der Waals surface area contributed by atoms with Gasteiger partial charge in [-0.05, 0) is 0 Å². The Morgan fingerprint density at radius 3 is 2.59 bits per heavy atom. The molecule has 17 heavy (non-hydrogen) atoms. The number of alkyl halides is 3. The van der Waals surface area contributed by atoms with Gasteiger partial charge in [-0.2, -0.15) is 5.26 Å². The van der Waals surface area contributed by atoms with Crippen molar-refractivity contribution < 1.29 is 17.9 Å². The van der Waals surface area contributed by atoms with Crippen LogP contribution in [0.15, 0.2) is 6.07 Å². The molecule has 0 aliphatic heterocycles. The van der Waals surface area contributed by atoms with Gasteiger partial charge in [0.15, 0.2) is 0 Å². The standard InChI is InChI=1S/C9H9F3N4O/c10-9(11,12)17-7-3-5(1-2-13)16-8(15)6(7)4-14/h3H,1,4,14H2,(H2,15,16). The maximum Gasteiger partial charge on any atom is 0.573 e. The van der Waals surface area contributed by atoms with Gasteiger partial charge in [-0.3, -0.25) is 0 Å². The summed E-state index contributed by atoms with van der Waals surface area (Å²) in [6.07, 6.45) is -5.01. The van der Waals surface area contributed by atoms with E-state index in [0.717, 1.165) is 6.07 Å². The molecule has 0 spiro atoms. The van der Waals surface area contributed by atoms with Gasteiger partial charge in [0.1, 0.15) is 11.6 Å². The first-order valence-electron chi connectivity index (χ1n) is 4.48. The third-order valence-corrected chi connectivity index (χ3v) is 1.86. The van der Waals surface area contributed by atoms with E-state index in [2.05, 4.69) is 9.72 Å². The lowest BCUT2D eigenvalue weighted by Crippen LogP contribution is -2.20. The van der Waals surface area contributed by atoms with Gasteiger partial charge in [0, 0.05) is 12.6 Å². The Bertz CT molecular complexity index is 453. The van der Waals surface area contributed by atoms with Crippen LogP contribution in [0.3, 0.4) is 0 Å². The van der Waals surface area contributed by atoms with Crippen LogP contribution in [0.4, 0.5) is 19.0 Å². The summed E-state index contributed by atoms with van der Waals surface area (Å²) in [5.41, 5.74) is 10.8. The van der Waals surface area contributed by atoms with Gasteiger partial charge >= 0.3 is 6.36 Å². The Morgan fingerprint density at radius 1 is 1.47 bits per heavy atom. The first kappa shape index (κ1) is 13.1. The number of ether oxygens (including phenoxy) is 1. The van der Waals surface area contributed by atoms with Gasteiger partial charge in [0.25, 0.3) is 0 Å². The molecule has 5 nitrogen and oxygen atoms in total. The molecule has 1 aromatic rings. The number of anilines is 1. The molecule has 1 aromatic heterocycles. The number of nitrogens with zero attached hydrogens (tertiary/aromatic N) is 2. The average molecular weight is 246 g/mol. The highest BCUT2D eigenvalue weighted by Gasteiger charge is 2.32. The van der Waals surface area contributed by atoms with Crippen LogP contribution in [0.5, 0.6) is 5.75 Å². The molecular weight excluding hydrogens is 237 g/mol. The lowest BCUT2D eigenvalue weighted by Gasteiger charge is -2.14. The minimum atomic E-state index is -4.85. The van der Waals surface area contributed by atoms with Crippen molar-refractivity contribution in [2.75, 3.05) is 5.73 Å². The number of nitrogens with two attached hydrogens (primary N) is 2. The number of nitrogen functional groups attached to an aromatic ring is 1. The molecule has 0 aromatic carbocycles. The van der Waals surface area contributed by atoms with Crippen molar-refractivity contribution >= 4 is 5.82 Å². The summed E-state index contributed by atoms with van der Waals surface area (Å²) in [7, 11) is 0. The number of rotatable bonds is 3. The van der Waals surface area contributed by atoms with Gasteiger partial charge in [-0.25, -0.2) is 4.98 Å². The first-order chi connectivity index (χ1) is 7.87. The molecule has 4 N–H and O–H groups in total. The van der Waals surface area contributed by atoms with Crippen molar-refractivity contribution in [3.63, 3.8) is 0 Å². The Kier molecular flexibility index (Phi) is 3.75. The van der Waals surface area contributed by atoms with Crippen molar-refractivity contribution in [1.29, 1.82) is 5.26 Å². The van der Waals surface area contributed by atoms with Crippen LogP contribution in [0.1, 0.15) is 11.3 Å². The van der Waals surface area contributed by atoms with Crippen LogP contribution < -0.4 is 16.2 Å². The minimum absolute atomic E-state index is 0.0379. The molecule has 0 aliphatic carbocycles. The Labute approximate surface area is 94.8 Å². The topological polar surface area (TPSA) is 97.9 Å². The predicted molar refractivity (Wildman–Crippen MR) is 52.5 cm³/mol. The molecule has 0 saturated carbocycles. The fraction of sp³-hybridized carbons (Fsp3) is 0.333. The van der Waals surface area contributed by atoms with E-state index in [0.29, 0.717) is 0 Å². The van der Waals surface area contributed by atoms with Crippen LogP contribution in [0, 0.1) is 11.3 Å². The maximum absolute atomic E-state index is 12.1. The SMILES string of the molecule is N#CCc1cc(OC(F)(F)F)c(CN)c(N)n1. The van der Waals surface area contributed by atoms with Crippen LogP contribution >= 0.6 is 0 Å². The van der Waals surface area contributed by atoms with Gasteiger partial charge in [-0.15, -0.1) is 13.2 Å². The van der Waals surface area contributed by atoms with E-state index in [4.69, 9.17) is 16.7 Å². The number of nitriles is 1. The second-order valence-electron chi connectivity index (χ2n) is 3.06. The van der Waals surface area contributed by atoms with Crippen LogP contribution in [0.2, 0.25) is 0 Å². The van der Waals surface area contributed by atoms with E-state index in [1.54, 1.807) is 6.07 Å². The summed E-state index contributed by atoms with van der Waals surface area (Å²) in [5.74, 6) is -0.683. The lowest BCUT2D eigenvalue weighted by atomic mass is 10.2. The lowest BCUT2D eigenvalue weighted by molar-refractivity contribution is -0.274. The zero-order chi connectivity index (χ0) is 13.1. The highest BCUT2D eigenvalue weighted by atomic mass is 19.4. The predicted octanol–water partition coefficient (Wildman–Crippen LogP) is 1.09. The number of aromatic nitrogens is 1. The number of hydrogen-bond donors (Lipinski definition) is 2. The normalized spacial score (nSPS) is 11.0. The van der Waals surface area contributed by atoms with Gasteiger partial charge in [0.05, 0.1) is 23.7 Å². The summed E-state index contributed by atoms with van der Waals surface area (Å²) in [5, 5.41) is 8.44. The van der Waals surface area contributed by atoms with E-state index >= 15 is 0 Å². The largest absolute Gasteiger partial charge is 0.573 e. The molecular formula is C9H9F3N4O. The summed E-state index contributed by atoms with van der Waals surface area (Å²) in [4.78, 5) is 3.75. The van der Waals surface area contributed by atoms with Gasteiger partial charge < -0.3 is 16.2 Å². The maximum atomic E-state index is 12.1. The molecule has 0 unspecified atom stereocenters. The second-order valence-corrected chi connectivity index (χ2v) is 3.06. The monoisotopic (exact) mass is 246 g/mol. The fourth-order valence-electron chi connectivity index (χ4n) is 1.21. The van der Waals surface area contributed by atoms with Crippen molar-refractivity contribution in [3.05, 3.63) is 17.3 Å². The van der Waals surface area contributed by atoms with E-state index in [1.807, 2.05) is 0 Å². The third-order valence-electron chi connectivity index (χ3n) is 1.86. The van der Waals surface area contributed by atoms with Crippen LogP contribution in [-0.2, 0) is 13.0 Å². The molecule has 0 aliphatic rings. The van der Waals surface area contributed by atoms with Crippen molar-refractivity contribution in [3.8, 4) is 11.8 Å². The molecule has 0 radical (unpaired) electrons. The Hall–Kier alpha value is -2.01. The first-order valence-corrected chi connectivity index (χ1v) is 4.48. The number of pyridine rings is 1. The molecule has 0 amide bonds. The Morgan fingerprint density at radius 2 is 2.12 bits per heavy atom. The Balaban J connectivity index is 3.20. The second kappa shape index (κ2) is 4.88.